The molecule has 0 heterocycles. The number of aliphatic hydroxyl groups excluding tert-OH is 1. The van der Waals surface area contributed by atoms with Gasteiger partial charge in [0.05, 0.1) is 5.56 Å². The Hall–Kier alpha value is -1.52. The predicted octanol–water partition coefficient (Wildman–Crippen LogP) is 3.84. The molecule has 0 aliphatic heterocycles. The zero-order valence-electron chi connectivity index (χ0n) is 9.00. The number of benzene rings is 2. The molecule has 0 saturated heterocycles. The number of halogens is 4. The molecule has 1 N–H and O–H groups in total. The van der Waals surface area contributed by atoms with Crippen LogP contribution in [0, 0.1) is 17.5 Å². The van der Waals surface area contributed by atoms with Crippen LogP contribution in [0.5, 0.6) is 0 Å². The van der Waals surface area contributed by atoms with Gasteiger partial charge in [0.1, 0.15) is 23.6 Å². The Morgan fingerprint density at radius 1 is 1.00 bits per heavy atom. The van der Waals surface area contributed by atoms with Crippen LogP contribution in [0.4, 0.5) is 13.2 Å². The molecule has 0 spiro atoms. The standard InChI is InChI=1S/C13H8ClF3O/c14-9-6-7(15)4-5-8(9)13(18)12-10(16)2-1-3-11(12)17/h1-6,13,18H. The van der Waals surface area contributed by atoms with Gasteiger partial charge in [-0.1, -0.05) is 23.7 Å². The van der Waals surface area contributed by atoms with Crippen LogP contribution in [0.15, 0.2) is 36.4 Å². The van der Waals surface area contributed by atoms with Crippen molar-refractivity contribution in [3.05, 3.63) is 70.0 Å². The zero-order valence-corrected chi connectivity index (χ0v) is 9.76. The van der Waals surface area contributed by atoms with Crippen LogP contribution in [-0.4, -0.2) is 5.11 Å². The zero-order chi connectivity index (χ0) is 13.3. The molecule has 2 aromatic rings. The summed E-state index contributed by atoms with van der Waals surface area (Å²) in [5.41, 5.74) is -0.465. The first-order chi connectivity index (χ1) is 8.50. The van der Waals surface area contributed by atoms with E-state index in [9.17, 15) is 18.3 Å². The van der Waals surface area contributed by atoms with Crippen LogP contribution in [0.3, 0.4) is 0 Å². The highest BCUT2D eigenvalue weighted by atomic mass is 35.5. The second-order valence-corrected chi connectivity index (χ2v) is 4.11. The van der Waals surface area contributed by atoms with Crippen LogP contribution in [0.2, 0.25) is 5.02 Å². The summed E-state index contributed by atoms with van der Waals surface area (Å²) in [5, 5.41) is 9.85. The lowest BCUT2D eigenvalue weighted by molar-refractivity contribution is 0.209. The van der Waals surface area contributed by atoms with Crippen molar-refractivity contribution in [3.8, 4) is 0 Å². The molecular weight excluding hydrogens is 265 g/mol. The van der Waals surface area contributed by atoms with Crippen LogP contribution in [0.25, 0.3) is 0 Å². The topological polar surface area (TPSA) is 20.2 Å². The monoisotopic (exact) mass is 272 g/mol. The summed E-state index contributed by atoms with van der Waals surface area (Å²) >= 11 is 5.73. The molecule has 0 aliphatic rings. The Morgan fingerprint density at radius 3 is 2.17 bits per heavy atom. The molecule has 0 saturated carbocycles. The smallest absolute Gasteiger partial charge is 0.132 e. The minimum Gasteiger partial charge on any atom is -0.383 e. The summed E-state index contributed by atoms with van der Waals surface area (Å²) in [4.78, 5) is 0. The minimum absolute atomic E-state index is 0.0436. The molecule has 18 heavy (non-hydrogen) atoms. The van der Waals surface area contributed by atoms with Gasteiger partial charge in [-0.05, 0) is 24.3 Å². The summed E-state index contributed by atoms with van der Waals surface area (Å²) in [6.07, 6.45) is -1.58. The third-order valence-corrected chi connectivity index (χ3v) is 2.86. The van der Waals surface area contributed by atoms with Gasteiger partial charge < -0.3 is 5.11 Å². The summed E-state index contributed by atoms with van der Waals surface area (Å²) in [7, 11) is 0. The Morgan fingerprint density at radius 2 is 1.61 bits per heavy atom. The van der Waals surface area contributed by atoms with E-state index in [-0.39, 0.29) is 10.6 Å². The normalized spacial score (nSPS) is 12.5. The average Bonchev–Trinajstić information content (AvgIpc) is 2.28. The lowest BCUT2D eigenvalue weighted by Gasteiger charge is -2.14. The predicted molar refractivity (Wildman–Crippen MR) is 61.8 cm³/mol. The van der Waals surface area contributed by atoms with Gasteiger partial charge in [-0.2, -0.15) is 0 Å². The summed E-state index contributed by atoms with van der Waals surface area (Å²) < 4.78 is 39.8. The van der Waals surface area contributed by atoms with E-state index in [0.717, 1.165) is 24.3 Å². The van der Waals surface area contributed by atoms with E-state index in [1.54, 1.807) is 0 Å². The van der Waals surface area contributed by atoms with Crippen molar-refractivity contribution >= 4 is 11.6 Å². The summed E-state index contributed by atoms with van der Waals surface area (Å²) in [6, 6.07) is 6.46. The second kappa shape index (κ2) is 5.00. The number of hydrogen-bond donors (Lipinski definition) is 1. The fraction of sp³-hybridized carbons (Fsp3) is 0.0769. The second-order valence-electron chi connectivity index (χ2n) is 3.70. The fourth-order valence-corrected chi connectivity index (χ4v) is 1.92. The minimum atomic E-state index is -1.58. The van der Waals surface area contributed by atoms with Crippen molar-refractivity contribution in [3.63, 3.8) is 0 Å². The van der Waals surface area contributed by atoms with Crippen molar-refractivity contribution < 1.29 is 18.3 Å². The van der Waals surface area contributed by atoms with Gasteiger partial charge in [0.15, 0.2) is 0 Å². The highest BCUT2D eigenvalue weighted by Crippen LogP contribution is 2.31. The molecule has 1 nitrogen and oxygen atoms in total. The van der Waals surface area contributed by atoms with Crippen LogP contribution in [-0.2, 0) is 0 Å². The van der Waals surface area contributed by atoms with E-state index in [0.29, 0.717) is 0 Å². The molecular formula is C13H8ClF3O. The molecule has 0 fully saturated rings. The first-order valence-corrected chi connectivity index (χ1v) is 5.45. The highest BCUT2D eigenvalue weighted by Gasteiger charge is 2.21. The van der Waals surface area contributed by atoms with E-state index in [1.165, 1.54) is 12.1 Å². The van der Waals surface area contributed by atoms with Crippen molar-refractivity contribution in [1.29, 1.82) is 0 Å². The lowest BCUT2D eigenvalue weighted by atomic mass is 10.0. The van der Waals surface area contributed by atoms with Crippen LogP contribution >= 0.6 is 11.6 Å². The molecule has 1 unspecified atom stereocenters. The lowest BCUT2D eigenvalue weighted by Crippen LogP contribution is -2.06. The number of rotatable bonds is 2. The molecule has 2 aromatic carbocycles. The molecule has 0 radical (unpaired) electrons. The molecule has 0 amide bonds. The first kappa shape index (κ1) is 12.9. The number of aliphatic hydroxyl groups is 1. The Balaban J connectivity index is 2.51. The highest BCUT2D eigenvalue weighted by molar-refractivity contribution is 6.31. The molecule has 0 bridgehead atoms. The van der Waals surface area contributed by atoms with Crippen molar-refractivity contribution in [2.24, 2.45) is 0 Å². The average molecular weight is 273 g/mol. The third-order valence-electron chi connectivity index (χ3n) is 2.53. The first-order valence-electron chi connectivity index (χ1n) is 5.07. The summed E-state index contributed by atoms with van der Waals surface area (Å²) in [5.74, 6) is -2.37. The van der Waals surface area contributed by atoms with Gasteiger partial charge >= 0.3 is 0 Å². The van der Waals surface area contributed by atoms with E-state index < -0.39 is 29.1 Å². The largest absolute Gasteiger partial charge is 0.383 e. The molecule has 2 rings (SSSR count). The van der Waals surface area contributed by atoms with Gasteiger partial charge in [-0.25, -0.2) is 13.2 Å². The van der Waals surface area contributed by atoms with E-state index in [1.807, 2.05) is 0 Å². The maximum absolute atomic E-state index is 13.5. The SMILES string of the molecule is OC(c1ccc(F)cc1Cl)c1c(F)cccc1F. The maximum atomic E-state index is 13.5. The fourth-order valence-electron chi connectivity index (χ4n) is 1.65. The van der Waals surface area contributed by atoms with Crippen LogP contribution < -0.4 is 0 Å². The van der Waals surface area contributed by atoms with Gasteiger partial charge in [0, 0.05) is 10.6 Å². The van der Waals surface area contributed by atoms with Gasteiger partial charge in [0.2, 0.25) is 0 Å². The van der Waals surface area contributed by atoms with Crippen LogP contribution in [0.1, 0.15) is 17.2 Å². The molecule has 5 heteroatoms. The van der Waals surface area contributed by atoms with E-state index in [2.05, 4.69) is 0 Å². The van der Waals surface area contributed by atoms with E-state index in [4.69, 9.17) is 11.6 Å². The maximum Gasteiger partial charge on any atom is 0.132 e. The van der Waals surface area contributed by atoms with Crippen molar-refractivity contribution in [1.82, 2.24) is 0 Å². The molecule has 1 atom stereocenters. The van der Waals surface area contributed by atoms with E-state index >= 15 is 0 Å². The Labute approximate surface area is 106 Å². The molecule has 0 aromatic heterocycles. The molecule has 0 aliphatic carbocycles. The third kappa shape index (κ3) is 2.35. The summed E-state index contributed by atoms with van der Waals surface area (Å²) in [6.45, 7) is 0. The van der Waals surface area contributed by atoms with Crippen molar-refractivity contribution in [2.75, 3.05) is 0 Å². The number of hydrogen-bond acceptors (Lipinski definition) is 1. The van der Waals surface area contributed by atoms with Crippen molar-refractivity contribution in [2.45, 2.75) is 6.10 Å². The Bertz CT molecular complexity index is 566. The van der Waals surface area contributed by atoms with Gasteiger partial charge in [-0.15, -0.1) is 0 Å². The van der Waals surface area contributed by atoms with Gasteiger partial charge in [-0.3, -0.25) is 0 Å². The van der Waals surface area contributed by atoms with Gasteiger partial charge in [0.25, 0.3) is 0 Å². The molecule has 94 valence electrons. The quantitative estimate of drug-likeness (QED) is 0.881. The Kier molecular flexibility index (Phi) is 3.59.